The van der Waals surface area contributed by atoms with Crippen molar-refractivity contribution in [2.24, 2.45) is 0 Å². The first kappa shape index (κ1) is 19.1. The number of esters is 1. The molecule has 1 atom stereocenters. The number of nitrogens with one attached hydrogen (secondary N) is 2. The average molecular weight is 376 g/mol. The van der Waals surface area contributed by atoms with E-state index in [0.717, 1.165) is 10.8 Å². The molecule has 0 spiro atoms. The highest BCUT2D eigenvalue weighted by molar-refractivity contribution is 6.06. The lowest BCUT2D eigenvalue weighted by Gasteiger charge is -2.18. The molecule has 0 radical (unpaired) electrons. The molecule has 0 aliphatic heterocycles. The predicted octanol–water partition coefficient (Wildman–Crippen LogP) is 3.58. The fourth-order valence-electron chi connectivity index (χ4n) is 2.86. The van der Waals surface area contributed by atoms with Crippen molar-refractivity contribution in [3.8, 4) is 0 Å². The number of ether oxygens (including phenoxy) is 1. The number of carbonyl (C=O) groups is 3. The van der Waals surface area contributed by atoms with E-state index in [9.17, 15) is 14.4 Å². The van der Waals surface area contributed by atoms with Gasteiger partial charge in [0.1, 0.15) is 0 Å². The van der Waals surface area contributed by atoms with Gasteiger partial charge in [-0.1, -0.05) is 66.7 Å². The van der Waals surface area contributed by atoms with E-state index in [-0.39, 0.29) is 0 Å². The lowest BCUT2D eigenvalue weighted by Crippen LogP contribution is -2.42. The number of benzene rings is 3. The molecule has 0 heterocycles. The van der Waals surface area contributed by atoms with E-state index in [1.54, 1.807) is 49.4 Å². The van der Waals surface area contributed by atoms with Gasteiger partial charge in [0, 0.05) is 12.1 Å². The van der Waals surface area contributed by atoms with Crippen molar-refractivity contribution in [2.75, 3.05) is 6.54 Å². The maximum Gasteiger partial charge on any atom is 0.339 e. The first-order valence-corrected chi connectivity index (χ1v) is 8.92. The van der Waals surface area contributed by atoms with Crippen molar-refractivity contribution in [1.82, 2.24) is 10.6 Å². The van der Waals surface area contributed by atoms with Crippen LogP contribution in [0.25, 0.3) is 10.8 Å². The monoisotopic (exact) mass is 376 g/mol. The second-order valence-electron chi connectivity index (χ2n) is 6.07. The smallest absolute Gasteiger partial charge is 0.339 e. The van der Waals surface area contributed by atoms with Gasteiger partial charge in [0.15, 0.2) is 0 Å². The summed E-state index contributed by atoms with van der Waals surface area (Å²) in [6.45, 7) is 2.10. The van der Waals surface area contributed by atoms with Crippen molar-refractivity contribution >= 4 is 28.7 Å². The minimum absolute atomic E-state index is 0.352. The van der Waals surface area contributed by atoms with Crippen LogP contribution in [0.15, 0.2) is 72.8 Å². The Morgan fingerprint density at radius 2 is 1.57 bits per heavy atom. The van der Waals surface area contributed by atoms with E-state index in [0.29, 0.717) is 17.7 Å². The Labute approximate surface area is 162 Å². The molecular weight excluding hydrogens is 356 g/mol. The number of amides is 3. The van der Waals surface area contributed by atoms with Gasteiger partial charge in [-0.3, -0.25) is 10.1 Å². The molecule has 0 aliphatic rings. The topological polar surface area (TPSA) is 84.5 Å². The number of carbonyl (C=O) groups excluding carboxylic acids is 3. The molecule has 3 rings (SSSR count). The van der Waals surface area contributed by atoms with Crippen LogP contribution >= 0.6 is 0 Å². The van der Waals surface area contributed by atoms with E-state index in [1.165, 1.54) is 0 Å². The number of rotatable bonds is 5. The minimum atomic E-state index is -1.25. The zero-order valence-corrected chi connectivity index (χ0v) is 15.3. The highest BCUT2D eigenvalue weighted by Gasteiger charge is 2.27. The molecule has 2 N–H and O–H groups in total. The van der Waals surface area contributed by atoms with Gasteiger partial charge in [0.25, 0.3) is 5.91 Å². The molecule has 3 amide bonds. The second-order valence-corrected chi connectivity index (χ2v) is 6.07. The van der Waals surface area contributed by atoms with Gasteiger partial charge in [-0.05, 0) is 23.8 Å². The fraction of sp³-hybridized carbons (Fsp3) is 0.136. The van der Waals surface area contributed by atoms with E-state index in [1.807, 2.05) is 30.3 Å². The molecule has 28 heavy (non-hydrogen) atoms. The van der Waals surface area contributed by atoms with Crippen LogP contribution in [0, 0.1) is 0 Å². The van der Waals surface area contributed by atoms with Crippen LogP contribution in [0.5, 0.6) is 0 Å². The predicted molar refractivity (Wildman–Crippen MR) is 106 cm³/mol. The molecule has 0 aliphatic carbocycles. The van der Waals surface area contributed by atoms with Crippen molar-refractivity contribution in [3.05, 3.63) is 83.9 Å². The molecular formula is C22H20N2O4. The van der Waals surface area contributed by atoms with Crippen LogP contribution in [0.2, 0.25) is 0 Å². The van der Waals surface area contributed by atoms with Gasteiger partial charge in [-0.25, -0.2) is 9.59 Å². The van der Waals surface area contributed by atoms with Gasteiger partial charge in [0.2, 0.25) is 6.10 Å². The quantitative estimate of drug-likeness (QED) is 0.667. The summed E-state index contributed by atoms with van der Waals surface area (Å²) in [6.07, 6.45) is -1.25. The van der Waals surface area contributed by atoms with Gasteiger partial charge in [-0.15, -0.1) is 0 Å². The standard InChI is InChI=1S/C22H20N2O4/c1-2-23-22(27)24-20(25)19(16-10-4-3-5-11-16)28-21(26)18-14-8-12-15-9-6-7-13-17(15)18/h3-14,19H,2H2,1H3,(H2,23,24,25,27)/t19-/m1/s1. The van der Waals surface area contributed by atoms with Gasteiger partial charge >= 0.3 is 12.0 Å². The van der Waals surface area contributed by atoms with Gasteiger partial charge < -0.3 is 10.1 Å². The molecule has 6 heteroatoms. The Hall–Kier alpha value is -3.67. The summed E-state index contributed by atoms with van der Waals surface area (Å²) in [4.78, 5) is 37.2. The molecule has 0 saturated carbocycles. The number of hydrogen-bond donors (Lipinski definition) is 2. The zero-order valence-electron chi connectivity index (χ0n) is 15.3. The van der Waals surface area contributed by atoms with Crippen LogP contribution in [-0.4, -0.2) is 24.5 Å². The lowest BCUT2D eigenvalue weighted by molar-refractivity contribution is -0.129. The first-order chi connectivity index (χ1) is 13.6. The summed E-state index contributed by atoms with van der Waals surface area (Å²) in [6, 6.07) is 20.6. The summed E-state index contributed by atoms with van der Waals surface area (Å²) >= 11 is 0. The third-order valence-corrected chi connectivity index (χ3v) is 4.15. The van der Waals surface area contributed by atoms with E-state index in [4.69, 9.17) is 4.74 Å². The van der Waals surface area contributed by atoms with E-state index in [2.05, 4.69) is 10.6 Å². The van der Waals surface area contributed by atoms with Gasteiger partial charge in [-0.2, -0.15) is 0 Å². The summed E-state index contributed by atoms with van der Waals surface area (Å²) < 4.78 is 5.54. The average Bonchev–Trinajstić information content (AvgIpc) is 2.72. The maximum atomic E-state index is 12.9. The Morgan fingerprint density at radius 3 is 2.32 bits per heavy atom. The highest BCUT2D eigenvalue weighted by Crippen LogP contribution is 2.23. The summed E-state index contributed by atoms with van der Waals surface area (Å²) in [5.41, 5.74) is 0.822. The molecule has 3 aromatic rings. The minimum Gasteiger partial charge on any atom is -0.444 e. The normalized spacial score (nSPS) is 11.5. The molecule has 0 saturated heterocycles. The SMILES string of the molecule is CCNC(=O)NC(=O)[C@H](OC(=O)c1cccc2ccccc12)c1ccccc1. The third kappa shape index (κ3) is 4.35. The molecule has 0 aromatic heterocycles. The maximum absolute atomic E-state index is 12.9. The summed E-state index contributed by atoms with van der Waals surface area (Å²) in [7, 11) is 0. The number of fused-ring (bicyclic) bond motifs is 1. The summed E-state index contributed by atoms with van der Waals surface area (Å²) in [5.74, 6) is -1.36. The Bertz CT molecular complexity index is 996. The molecule has 142 valence electrons. The van der Waals surface area contributed by atoms with E-state index >= 15 is 0 Å². The Balaban J connectivity index is 1.89. The van der Waals surface area contributed by atoms with E-state index < -0.39 is 24.0 Å². The fourth-order valence-corrected chi connectivity index (χ4v) is 2.86. The van der Waals surface area contributed by atoms with Crippen LogP contribution in [0.4, 0.5) is 4.79 Å². The van der Waals surface area contributed by atoms with Crippen LogP contribution in [0.1, 0.15) is 28.9 Å². The van der Waals surface area contributed by atoms with Crippen LogP contribution in [-0.2, 0) is 9.53 Å². The number of imide groups is 1. The lowest BCUT2D eigenvalue weighted by atomic mass is 10.0. The highest BCUT2D eigenvalue weighted by atomic mass is 16.5. The van der Waals surface area contributed by atoms with Gasteiger partial charge in [0.05, 0.1) is 5.56 Å². The van der Waals surface area contributed by atoms with Crippen molar-refractivity contribution in [1.29, 1.82) is 0 Å². The summed E-state index contributed by atoms with van der Waals surface area (Å²) in [5, 5.41) is 6.30. The number of urea groups is 1. The van der Waals surface area contributed by atoms with Crippen molar-refractivity contribution < 1.29 is 19.1 Å². The molecule has 6 nitrogen and oxygen atoms in total. The van der Waals surface area contributed by atoms with Crippen LogP contribution in [0.3, 0.4) is 0 Å². The van der Waals surface area contributed by atoms with Crippen molar-refractivity contribution in [3.63, 3.8) is 0 Å². The Kier molecular flexibility index (Phi) is 6.01. The molecule has 0 fully saturated rings. The Morgan fingerprint density at radius 1 is 0.893 bits per heavy atom. The molecule has 0 bridgehead atoms. The third-order valence-electron chi connectivity index (χ3n) is 4.15. The van der Waals surface area contributed by atoms with Crippen molar-refractivity contribution in [2.45, 2.75) is 13.0 Å². The zero-order chi connectivity index (χ0) is 19.9. The number of hydrogen-bond acceptors (Lipinski definition) is 4. The molecule has 3 aromatic carbocycles. The van der Waals surface area contributed by atoms with Crippen LogP contribution < -0.4 is 10.6 Å². The largest absolute Gasteiger partial charge is 0.444 e. The first-order valence-electron chi connectivity index (χ1n) is 8.92. The second kappa shape index (κ2) is 8.81. The molecule has 0 unspecified atom stereocenters.